The molecule has 3 heterocycles. The summed E-state index contributed by atoms with van der Waals surface area (Å²) in [5.74, 6) is 0.0446. The maximum absolute atomic E-state index is 12.6. The van der Waals surface area contributed by atoms with Crippen molar-refractivity contribution in [2.24, 2.45) is 5.92 Å². The van der Waals surface area contributed by atoms with Crippen LogP contribution in [0.15, 0.2) is 24.5 Å². The first-order valence-electron chi connectivity index (χ1n) is 7.57. The van der Waals surface area contributed by atoms with Gasteiger partial charge in [0.25, 0.3) is 0 Å². The van der Waals surface area contributed by atoms with Gasteiger partial charge in [0.15, 0.2) is 0 Å². The number of hydrogen-bond donors (Lipinski definition) is 1. The number of imidazole rings is 1. The molecule has 0 aliphatic carbocycles. The summed E-state index contributed by atoms with van der Waals surface area (Å²) in [4.78, 5) is 18.7. The Morgan fingerprint density at radius 1 is 1.55 bits per heavy atom. The molecule has 0 spiro atoms. The quantitative estimate of drug-likeness (QED) is 0.904. The molecule has 2 aromatic heterocycles. The normalized spacial score (nSPS) is 19.4. The van der Waals surface area contributed by atoms with Gasteiger partial charge >= 0.3 is 0 Å². The molecule has 1 aliphatic rings. The van der Waals surface area contributed by atoms with E-state index in [1.165, 1.54) is 0 Å². The van der Waals surface area contributed by atoms with Crippen LogP contribution in [0.2, 0.25) is 0 Å². The van der Waals surface area contributed by atoms with Crippen LogP contribution in [0, 0.1) is 12.8 Å². The third-order valence-electron chi connectivity index (χ3n) is 4.09. The number of aryl methyl sites for hydroxylation is 1. The van der Waals surface area contributed by atoms with Crippen molar-refractivity contribution in [3.05, 3.63) is 35.8 Å². The van der Waals surface area contributed by atoms with Gasteiger partial charge in [-0.05, 0) is 18.6 Å². The van der Waals surface area contributed by atoms with Crippen LogP contribution in [0.1, 0.15) is 11.3 Å². The first-order valence-corrected chi connectivity index (χ1v) is 7.57. The van der Waals surface area contributed by atoms with Crippen LogP contribution in [0.5, 0.6) is 0 Å². The van der Waals surface area contributed by atoms with Gasteiger partial charge in [0.1, 0.15) is 5.65 Å². The van der Waals surface area contributed by atoms with Crippen molar-refractivity contribution >= 4 is 11.6 Å². The zero-order valence-electron chi connectivity index (χ0n) is 12.7. The number of aliphatic hydroxyl groups excluding tert-OH is 1. The van der Waals surface area contributed by atoms with Crippen molar-refractivity contribution in [3.63, 3.8) is 0 Å². The second kappa shape index (κ2) is 6.46. The lowest BCUT2D eigenvalue weighted by Gasteiger charge is -2.22. The Morgan fingerprint density at radius 2 is 2.41 bits per heavy atom. The molecule has 2 aromatic rings. The summed E-state index contributed by atoms with van der Waals surface area (Å²) in [7, 11) is 0. The SMILES string of the molecule is Cc1cccn2c(CC(=O)N3CCOC[C@@H](CO)C3)cnc12. The van der Waals surface area contributed by atoms with Crippen molar-refractivity contribution in [1.82, 2.24) is 14.3 Å². The van der Waals surface area contributed by atoms with Crippen molar-refractivity contribution < 1.29 is 14.6 Å². The average Bonchev–Trinajstić information content (AvgIpc) is 2.78. The number of hydrogen-bond acceptors (Lipinski definition) is 4. The number of ether oxygens (including phenoxy) is 1. The van der Waals surface area contributed by atoms with E-state index in [4.69, 9.17) is 4.74 Å². The fraction of sp³-hybridized carbons (Fsp3) is 0.500. The summed E-state index contributed by atoms with van der Waals surface area (Å²) < 4.78 is 7.39. The van der Waals surface area contributed by atoms with E-state index in [2.05, 4.69) is 4.98 Å². The zero-order chi connectivity index (χ0) is 15.5. The molecule has 0 saturated carbocycles. The molecule has 1 saturated heterocycles. The number of fused-ring (bicyclic) bond motifs is 1. The first kappa shape index (κ1) is 15.0. The van der Waals surface area contributed by atoms with Gasteiger partial charge in [-0.1, -0.05) is 6.07 Å². The highest BCUT2D eigenvalue weighted by atomic mass is 16.5. The molecule has 0 bridgehead atoms. The Kier molecular flexibility index (Phi) is 4.40. The Balaban J connectivity index is 1.76. The minimum Gasteiger partial charge on any atom is -0.396 e. The summed E-state index contributed by atoms with van der Waals surface area (Å²) in [5.41, 5.74) is 2.86. The molecule has 1 N–H and O–H groups in total. The third-order valence-corrected chi connectivity index (χ3v) is 4.09. The number of rotatable bonds is 3. The Bertz CT molecular complexity index is 668. The molecule has 0 unspecified atom stereocenters. The fourth-order valence-electron chi connectivity index (χ4n) is 2.82. The molecular formula is C16H21N3O3. The third kappa shape index (κ3) is 2.98. The van der Waals surface area contributed by atoms with Gasteiger partial charge in [-0.2, -0.15) is 0 Å². The lowest BCUT2D eigenvalue weighted by atomic mass is 10.1. The van der Waals surface area contributed by atoms with Crippen LogP contribution in [-0.4, -0.2) is 58.2 Å². The monoisotopic (exact) mass is 303 g/mol. The van der Waals surface area contributed by atoms with Gasteiger partial charge in [-0.25, -0.2) is 4.98 Å². The van der Waals surface area contributed by atoms with Crippen molar-refractivity contribution in [2.75, 3.05) is 32.9 Å². The smallest absolute Gasteiger partial charge is 0.228 e. The van der Waals surface area contributed by atoms with Gasteiger partial charge in [-0.3, -0.25) is 4.79 Å². The molecule has 1 amide bonds. The lowest BCUT2D eigenvalue weighted by molar-refractivity contribution is -0.131. The molecule has 118 valence electrons. The summed E-state index contributed by atoms with van der Waals surface area (Å²) >= 11 is 0. The molecule has 22 heavy (non-hydrogen) atoms. The van der Waals surface area contributed by atoms with E-state index in [9.17, 15) is 9.90 Å². The number of amides is 1. The average molecular weight is 303 g/mol. The van der Waals surface area contributed by atoms with E-state index in [1.807, 2.05) is 29.7 Å². The molecule has 0 radical (unpaired) electrons. The minimum atomic E-state index is -0.00382. The molecule has 0 aromatic carbocycles. The van der Waals surface area contributed by atoms with Crippen LogP contribution in [0.25, 0.3) is 5.65 Å². The fourth-order valence-corrected chi connectivity index (χ4v) is 2.82. The van der Waals surface area contributed by atoms with Crippen LogP contribution < -0.4 is 0 Å². The van der Waals surface area contributed by atoms with E-state index in [-0.39, 0.29) is 18.4 Å². The summed E-state index contributed by atoms with van der Waals surface area (Å²) in [6, 6.07) is 3.96. The maximum atomic E-state index is 12.6. The van der Waals surface area contributed by atoms with Crippen molar-refractivity contribution in [3.8, 4) is 0 Å². The Hall–Kier alpha value is -1.92. The number of aliphatic hydroxyl groups is 1. The number of aromatic nitrogens is 2. The molecular weight excluding hydrogens is 282 g/mol. The molecule has 1 atom stereocenters. The summed E-state index contributed by atoms with van der Waals surface area (Å²) in [6.07, 6.45) is 4.00. The Morgan fingerprint density at radius 3 is 3.23 bits per heavy atom. The first-order chi connectivity index (χ1) is 10.7. The number of carbonyl (C=O) groups excluding carboxylic acids is 1. The highest BCUT2D eigenvalue weighted by Gasteiger charge is 2.23. The summed E-state index contributed by atoms with van der Waals surface area (Å²) in [6.45, 7) is 4.20. The van der Waals surface area contributed by atoms with Gasteiger partial charge in [0.05, 0.1) is 25.3 Å². The minimum absolute atomic E-state index is 0.00382. The summed E-state index contributed by atoms with van der Waals surface area (Å²) in [5, 5.41) is 9.31. The number of nitrogens with zero attached hydrogens (tertiary/aromatic N) is 3. The van der Waals surface area contributed by atoms with Crippen LogP contribution >= 0.6 is 0 Å². The van der Waals surface area contributed by atoms with Gasteiger partial charge in [0.2, 0.25) is 5.91 Å². The zero-order valence-corrected chi connectivity index (χ0v) is 12.7. The predicted octanol–water partition coefficient (Wildman–Crippen LogP) is 0.653. The largest absolute Gasteiger partial charge is 0.396 e. The molecule has 1 fully saturated rings. The van der Waals surface area contributed by atoms with Gasteiger partial charge in [-0.15, -0.1) is 0 Å². The highest BCUT2D eigenvalue weighted by molar-refractivity contribution is 5.78. The van der Waals surface area contributed by atoms with E-state index < -0.39 is 0 Å². The van der Waals surface area contributed by atoms with E-state index in [0.717, 1.165) is 16.9 Å². The van der Waals surface area contributed by atoms with Crippen LogP contribution in [0.3, 0.4) is 0 Å². The van der Waals surface area contributed by atoms with Crippen molar-refractivity contribution in [2.45, 2.75) is 13.3 Å². The van der Waals surface area contributed by atoms with E-state index in [1.54, 1.807) is 11.1 Å². The number of pyridine rings is 1. The van der Waals surface area contributed by atoms with E-state index in [0.29, 0.717) is 32.7 Å². The van der Waals surface area contributed by atoms with Crippen LogP contribution in [0.4, 0.5) is 0 Å². The van der Waals surface area contributed by atoms with Crippen molar-refractivity contribution in [1.29, 1.82) is 0 Å². The van der Waals surface area contributed by atoms with Gasteiger partial charge < -0.3 is 19.1 Å². The number of carbonyl (C=O) groups is 1. The Labute approximate surface area is 129 Å². The molecule has 3 rings (SSSR count). The predicted molar refractivity (Wildman–Crippen MR) is 81.6 cm³/mol. The second-order valence-corrected chi connectivity index (χ2v) is 5.77. The lowest BCUT2D eigenvalue weighted by Crippen LogP contribution is -2.37. The van der Waals surface area contributed by atoms with Gasteiger partial charge in [0, 0.05) is 38.0 Å². The standard InChI is InChI=1S/C16H21N3O3/c1-12-3-2-4-19-14(8-17-16(12)19)7-15(21)18-5-6-22-11-13(9-18)10-20/h2-4,8,13,20H,5-7,9-11H2,1H3/t13-/m1/s1. The maximum Gasteiger partial charge on any atom is 0.228 e. The van der Waals surface area contributed by atoms with Crippen LogP contribution in [-0.2, 0) is 16.0 Å². The van der Waals surface area contributed by atoms with E-state index >= 15 is 0 Å². The highest BCUT2D eigenvalue weighted by Crippen LogP contribution is 2.14. The molecule has 6 nitrogen and oxygen atoms in total. The molecule has 6 heteroatoms. The second-order valence-electron chi connectivity index (χ2n) is 5.77. The molecule has 1 aliphatic heterocycles. The topological polar surface area (TPSA) is 67.1 Å².